The van der Waals surface area contributed by atoms with E-state index >= 15 is 0 Å². The van der Waals surface area contributed by atoms with Crippen molar-refractivity contribution in [2.75, 3.05) is 7.11 Å². The molecule has 5 heteroatoms. The predicted molar refractivity (Wildman–Crippen MR) is 91.6 cm³/mol. The van der Waals surface area contributed by atoms with Crippen LogP contribution < -0.4 is 10.2 Å². The van der Waals surface area contributed by atoms with E-state index in [0.717, 1.165) is 11.3 Å². The highest BCUT2D eigenvalue weighted by Crippen LogP contribution is 2.17. The fraction of sp³-hybridized carbons (Fsp3) is 0.158. The molecule has 24 heavy (non-hydrogen) atoms. The lowest BCUT2D eigenvalue weighted by Crippen LogP contribution is -2.18. The number of hydrogen-bond donors (Lipinski definition) is 1. The number of aromatic nitrogens is 1. The molecule has 122 valence electrons. The van der Waals surface area contributed by atoms with E-state index in [2.05, 4.69) is 0 Å². The first-order valence-corrected chi connectivity index (χ1v) is 7.54. The highest BCUT2D eigenvalue weighted by Gasteiger charge is 2.11. The maximum absolute atomic E-state index is 12.7. The van der Waals surface area contributed by atoms with Gasteiger partial charge in [-0.3, -0.25) is 9.59 Å². The van der Waals surface area contributed by atoms with Crippen LogP contribution in [-0.2, 0) is 17.8 Å². The molecule has 0 aliphatic carbocycles. The summed E-state index contributed by atoms with van der Waals surface area (Å²) in [5, 5.41) is 9.66. The molecule has 0 saturated heterocycles. The van der Waals surface area contributed by atoms with Crippen molar-refractivity contribution < 1.29 is 14.6 Å². The Hall–Kier alpha value is -3.08. The molecule has 0 aliphatic heterocycles. The summed E-state index contributed by atoms with van der Waals surface area (Å²) in [4.78, 5) is 23.9. The summed E-state index contributed by atoms with van der Waals surface area (Å²) in [6.45, 7) is -0.189. The Morgan fingerprint density at radius 3 is 2.71 bits per heavy atom. The zero-order valence-corrected chi connectivity index (χ0v) is 13.2. The number of benzene rings is 2. The first-order valence-electron chi connectivity index (χ1n) is 7.54. The zero-order chi connectivity index (χ0) is 17.1. The first kappa shape index (κ1) is 15.8. The van der Waals surface area contributed by atoms with Crippen molar-refractivity contribution in [1.82, 2.24) is 4.57 Å². The molecule has 0 spiro atoms. The van der Waals surface area contributed by atoms with Gasteiger partial charge in [0.2, 0.25) is 0 Å². The minimum absolute atomic E-state index is 0.0740. The Morgan fingerprint density at radius 2 is 1.96 bits per heavy atom. The van der Waals surface area contributed by atoms with Gasteiger partial charge < -0.3 is 14.4 Å². The van der Waals surface area contributed by atoms with Crippen molar-refractivity contribution >= 4 is 16.9 Å². The highest BCUT2D eigenvalue weighted by atomic mass is 16.5. The van der Waals surface area contributed by atoms with Crippen LogP contribution in [0.1, 0.15) is 11.1 Å². The van der Waals surface area contributed by atoms with Crippen molar-refractivity contribution in [1.29, 1.82) is 0 Å². The lowest BCUT2D eigenvalue weighted by Gasteiger charge is -2.12. The summed E-state index contributed by atoms with van der Waals surface area (Å²) >= 11 is 0. The van der Waals surface area contributed by atoms with Gasteiger partial charge in [0.1, 0.15) is 12.3 Å². The molecule has 0 atom stereocenters. The average Bonchev–Trinajstić information content (AvgIpc) is 2.59. The number of pyridine rings is 1. The van der Waals surface area contributed by atoms with Crippen molar-refractivity contribution in [3.63, 3.8) is 0 Å². The van der Waals surface area contributed by atoms with Crippen molar-refractivity contribution in [3.8, 4) is 5.75 Å². The van der Waals surface area contributed by atoms with E-state index < -0.39 is 5.97 Å². The summed E-state index contributed by atoms with van der Waals surface area (Å²) < 4.78 is 6.81. The van der Waals surface area contributed by atoms with Crippen molar-refractivity contribution in [2.24, 2.45) is 0 Å². The van der Waals surface area contributed by atoms with Crippen molar-refractivity contribution in [3.05, 3.63) is 76.1 Å². The van der Waals surface area contributed by atoms with Gasteiger partial charge in [0.25, 0.3) is 0 Å². The van der Waals surface area contributed by atoms with E-state index in [1.807, 2.05) is 24.3 Å². The third-order valence-corrected chi connectivity index (χ3v) is 3.90. The number of ether oxygens (including phenoxy) is 1. The quantitative estimate of drug-likeness (QED) is 0.784. The minimum atomic E-state index is -0.948. The smallest absolute Gasteiger partial charge is 0.323 e. The third-order valence-electron chi connectivity index (χ3n) is 3.90. The summed E-state index contributed by atoms with van der Waals surface area (Å²) in [6.07, 6.45) is 2.05. The molecule has 0 bridgehead atoms. The second-order valence-corrected chi connectivity index (χ2v) is 5.55. The van der Waals surface area contributed by atoms with Gasteiger partial charge in [-0.2, -0.15) is 0 Å². The Bertz CT molecular complexity index is 959. The number of methoxy groups -OCH3 is 1. The van der Waals surface area contributed by atoms with Crippen LogP contribution in [0.5, 0.6) is 5.75 Å². The van der Waals surface area contributed by atoms with Crippen molar-refractivity contribution in [2.45, 2.75) is 13.0 Å². The third kappa shape index (κ3) is 3.15. The number of hydrogen-bond acceptors (Lipinski definition) is 3. The molecule has 0 radical (unpaired) electrons. The van der Waals surface area contributed by atoms with Gasteiger partial charge in [0.15, 0.2) is 5.43 Å². The van der Waals surface area contributed by atoms with Crippen LogP contribution in [-0.4, -0.2) is 22.8 Å². The standard InChI is InChI=1S/C19H17NO4/c1-24-15-6-4-5-13(10-15)9-14-11-20(12-18(21)22)17-8-3-2-7-16(17)19(14)23/h2-8,10-11H,9,12H2,1H3,(H,21,22). The summed E-state index contributed by atoms with van der Waals surface area (Å²) in [7, 11) is 1.59. The number of rotatable bonds is 5. The van der Waals surface area contributed by atoms with Crippen LogP contribution in [0.3, 0.4) is 0 Å². The molecule has 2 aromatic carbocycles. The van der Waals surface area contributed by atoms with E-state index in [1.54, 1.807) is 42.1 Å². The van der Waals surface area contributed by atoms with E-state index in [4.69, 9.17) is 9.84 Å². The number of carboxylic acids is 1. The lowest BCUT2D eigenvalue weighted by molar-refractivity contribution is -0.137. The molecule has 1 heterocycles. The van der Waals surface area contributed by atoms with Crippen LogP contribution in [0.4, 0.5) is 0 Å². The highest BCUT2D eigenvalue weighted by molar-refractivity contribution is 5.81. The molecule has 3 aromatic rings. The second kappa shape index (κ2) is 6.58. The number of fused-ring (bicyclic) bond motifs is 1. The maximum atomic E-state index is 12.7. The molecule has 0 saturated carbocycles. The van der Waals surface area contributed by atoms with E-state index in [9.17, 15) is 9.59 Å². The molecule has 1 aromatic heterocycles. The molecule has 3 rings (SSSR count). The number of para-hydroxylation sites is 1. The van der Waals surface area contributed by atoms with E-state index in [1.165, 1.54) is 0 Å². The van der Waals surface area contributed by atoms with Crippen LogP contribution >= 0.6 is 0 Å². The van der Waals surface area contributed by atoms with E-state index in [-0.39, 0.29) is 12.0 Å². The van der Waals surface area contributed by atoms with Gasteiger partial charge in [-0.1, -0.05) is 24.3 Å². The van der Waals surface area contributed by atoms with Gasteiger partial charge in [-0.25, -0.2) is 0 Å². The minimum Gasteiger partial charge on any atom is -0.497 e. The molecule has 0 amide bonds. The summed E-state index contributed by atoms with van der Waals surface area (Å²) in [5.41, 5.74) is 2.04. The van der Waals surface area contributed by atoms with Crippen LogP contribution in [0, 0.1) is 0 Å². The number of carboxylic acid groups (broad SMARTS) is 1. The zero-order valence-electron chi connectivity index (χ0n) is 13.2. The van der Waals surface area contributed by atoms with Gasteiger partial charge in [0.05, 0.1) is 12.6 Å². The summed E-state index contributed by atoms with van der Waals surface area (Å²) in [5.74, 6) is -0.227. The Kier molecular flexibility index (Phi) is 4.33. The second-order valence-electron chi connectivity index (χ2n) is 5.55. The number of aliphatic carboxylic acids is 1. The van der Waals surface area contributed by atoms with Crippen LogP contribution in [0.25, 0.3) is 10.9 Å². The first-order chi connectivity index (χ1) is 11.6. The lowest BCUT2D eigenvalue weighted by atomic mass is 10.0. The van der Waals surface area contributed by atoms with Gasteiger partial charge >= 0.3 is 5.97 Å². The van der Waals surface area contributed by atoms with E-state index in [0.29, 0.717) is 22.9 Å². The molecule has 5 nitrogen and oxygen atoms in total. The Balaban J connectivity index is 2.11. The Morgan fingerprint density at radius 1 is 1.17 bits per heavy atom. The Labute approximate surface area is 138 Å². The SMILES string of the molecule is COc1cccc(Cc2cn(CC(=O)O)c3ccccc3c2=O)c1. The fourth-order valence-electron chi connectivity index (χ4n) is 2.81. The average molecular weight is 323 g/mol. The fourth-order valence-corrected chi connectivity index (χ4v) is 2.81. The van der Waals surface area contributed by atoms with Crippen LogP contribution in [0.2, 0.25) is 0 Å². The normalized spacial score (nSPS) is 10.7. The molecule has 0 fully saturated rings. The summed E-state index contributed by atoms with van der Waals surface area (Å²) in [6, 6.07) is 14.6. The topological polar surface area (TPSA) is 68.5 Å². The predicted octanol–water partition coefficient (Wildman–Crippen LogP) is 2.69. The van der Waals surface area contributed by atoms with Gasteiger partial charge in [0, 0.05) is 23.6 Å². The molecule has 0 unspecified atom stereocenters. The monoisotopic (exact) mass is 323 g/mol. The maximum Gasteiger partial charge on any atom is 0.323 e. The van der Waals surface area contributed by atoms with Crippen LogP contribution in [0.15, 0.2) is 59.5 Å². The molecular formula is C19H17NO4. The molecule has 0 aliphatic rings. The number of carbonyl (C=O) groups is 1. The largest absolute Gasteiger partial charge is 0.497 e. The molecular weight excluding hydrogens is 306 g/mol. The van der Waals surface area contributed by atoms with Gasteiger partial charge in [-0.05, 0) is 29.8 Å². The van der Waals surface area contributed by atoms with Gasteiger partial charge in [-0.15, -0.1) is 0 Å². The molecule has 1 N–H and O–H groups in total. The number of nitrogens with zero attached hydrogens (tertiary/aromatic N) is 1.